The number of alkyl halides is 2. The highest BCUT2D eigenvalue weighted by Gasteiger charge is 2.17. The summed E-state index contributed by atoms with van der Waals surface area (Å²) >= 11 is 11.2. The van der Waals surface area contributed by atoms with E-state index in [4.69, 9.17) is 23.2 Å². The minimum atomic E-state index is -1.04. The molecule has 0 aliphatic carbocycles. The largest absolute Gasteiger partial charge is 0.130 e. The van der Waals surface area contributed by atoms with Crippen molar-refractivity contribution in [3.63, 3.8) is 0 Å². The molecule has 3 heteroatoms. The topological polar surface area (TPSA) is 0 Å². The Morgan fingerprint density at radius 2 is 1.75 bits per heavy atom. The lowest BCUT2D eigenvalue weighted by Gasteiger charge is -2.15. The van der Waals surface area contributed by atoms with E-state index in [9.17, 15) is 0 Å². The normalized spacial score (nSPS) is 12.0. The van der Waals surface area contributed by atoms with E-state index in [2.05, 4.69) is 13.1 Å². The van der Waals surface area contributed by atoms with E-state index < -0.39 is 8.07 Å². The Morgan fingerprint density at radius 3 is 1.88 bits per heavy atom. The third-order valence-corrected chi connectivity index (χ3v) is 6.14. The van der Waals surface area contributed by atoms with Crippen LogP contribution >= 0.6 is 23.2 Å². The summed E-state index contributed by atoms with van der Waals surface area (Å²) in [5, 5.41) is 0. The van der Waals surface area contributed by atoms with E-state index in [0.29, 0.717) is 0 Å². The maximum absolute atomic E-state index is 5.68. The van der Waals surface area contributed by atoms with Crippen molar-refractivity contribution in [2.24, 2.45) is 0 Å². The second kappa shape index (κ2) is 3.75. The van der Waals surface area contributed by atoms with Crippen molar-refractivity contribution in [1.29, 1.82) is 0 Å². The average Bonchev–Trinajstić information content (AvgIpc) is 1.67. The lowest BCUT2D eigenvalue weighted by Crippen LogP contribution is -2.28. The van der Waals surface area contributed by atoms with E-state index in [-0.39, 0.29) is 0 Å². The first kappa shape index (κ1) is 8.80. The zero-order valence-electron chi connectivity index (χ0n) is 5.38. The first-order chi connectivity index (χ1) is 3.62. The third-order valence-electron chi connectivity index (χ3n) is 1.13. The van der Waals surface area contributed by atoms with Gasteiger partial charge in [0, 0.05) is 11.4 Å². The molecule has 0 bridgehead atoms. The molecule has 50 valence electrons. The number of halogens is 2. The van der Waals surface area contributed by atoms with Crippen LogP contribution in [-0.4, -0.2) is 19.5 Å². The molecule has 0 rings (SSSR count). The Hall–Kier alpha value is 0.797. The lowest BCUT2D eigenvalue weighted by molar-refractivity contribution is 1.36. The van der Waals surface area contributed by atoms with Crippen LogP contribution in [0.3, 0.4) is 0 Å². The van der Waals surface area contributed by atoms with E-state index >= 15 is 0 Å². The monoisotopic (exact) mass is 170 g/mol. The van der Waals surface area contributed by atoms with Gasteiger partial charge in [0.1, 0.15) is 0 Å². The lowest BCUT2D eigenvalue weighted by atomic mass is 11.0. The Labute approximate surface area is 62.2 Å². The Bertz CT molecular complexity index is 63.4. The molecule has 0 saturated heterocycles. The highest BCUT2D eigenvalue weighted by Crippen LogP contribution is 2.10. The van der Waals surface area contributed by atoms with Gasteiger partial charge in [-0.1, -0.05) is 13.1 Å². The van der Waals surface area contributed by atoms with E-state index in [1.807, 2.05) is 0 Å². The predicted molar refractivity (Wildman–Crippen MR) is 43.7 cm³/mol. The summed E-state index contributed by atoms with van der Waals surface area (Å²) in [7, 11) is -1.04. The van der Waals surface area contributed by atoms with Crippen molar-refractivity contribution < 1.29 is 0 Å². The summed E-state index contributed by atoms with van der Waals surface area (Å²) < 4.78 is 0. The molecule has 0 N–H and O–H groups in total. The molecule has 0 aromatic carbocycles. The minimum absolute atomic E-state index is 0.770. The molecule has 0 atom stereocenters. The fourth-order valence-corrected chi connectivity index (χ4v) is 2.90. The molecular formula is C5H12Cl2Si. The van der Waals surface area contributed by atoms with Crippen molar-refractivity contribution in [2.75, 3.05) is 11.4 Å². The van der Waals surface area contributed by atoms with E-state index in [1.54, 1.807) is 0 Å². The molecule has 0 aromatic heterocycles. The Kier molecular flexibility index (Phi) is 4.13. The quantitative estimate of drug-likeness (QED) is 0.452. The second-order valence-electron chi connectivity index (χ2n) is 2.74. The van der Waals surface area contributed by atoms with Crippen LogP contribution in [-0.2, 0) is 0 Å². The standard InChI is InChI=1S/C5H12Cl2Si/c1-8(2,5-7)4-3-6/h3-5H2,1-2H3. The van der Waals surface area contributed by atoms with Gasteiger partial charge in [0.25, 0.3) is 0 Å². The summed E-state index contributed by atoms with van der Waals surface area (Å²) in [6, 6.07) is 1.14. The summed E-state index contributed by atoms with van der Waals surface area (Å²) in [5.74, 6) is 0.770. The number of hydrogen-bond donors (Lipinski definition) is 0. The fourth-order valence-electron chi connectivity index (χ4n) is 0.323. The molecule has 0 saturated carbocycles. The molecule has 0 aliphatic heterocycles. The van der Waals surface area contributed by atoms with Crippen LogP contribution in [0.15, 0.2) is 0 Å². The fraction of sp³-hybridized carbons (Fsp3) is 1.00. The average molecular weight is 171 g/mol. The summed E-state index contributed by atoms with van der Waals surface area (Å²) in [6.07, 6.45) is 0. The van der Waals surface area contributed by atoms with Gasteiger partial charge < -0.3 is 0 Å². The Morgan fingerprint density at radius 1 is 1.25 bits per heavy atom. The van der Waals surface area contributed by atoms with Gasteiger partial charge in [-0.3, -0.25) is 0 Å². The molecule has 0 spiro atoms. The van der Waals surface area contributed by atoms with Crippen molar-refractivity contribution in [3.8, 4) is 0 Å². The van der Waals surface area contributed by atoms with Crippen LogP contribution in [0.5, 0.6) is 0 Å². The van der Waals surface area contributed by atoms with Crippen LogP contribution in [0.2, 0.25) is 19.1 Å². The Balaban J connectivity index is 3.37. The summed E-state index contributed by atoms with van der Waals surface area (Å²) in [6.45, 7) is 4.50. The van der Waals surface area contributed by atoms with Gasteiger partial charge in [0.15, 0.2) is 0 Å². The van der Waals surface area contributed by atoms with Gasteiger partial charge in [-0.15, -0.1) is 23.2 Å². The molecule has 8 heavy (non-hydrogen) atoms. The van der Waals surface area contributed by atoms with Crippen LogP contribution in [0, 0.1) is 0 Å². The third kappa shape index (κ3) is 3.76. The predicted octanol–water partition coefficient (Wildman–Crippen LogP) is 2.71. The molecule has 0 heterocycles. The van der Waals surface area contributed by atoms with Gasteiger partial charge in [-0.05, 0) is 6.04 Å². The van der Waals surface area contributed by atoms with Gasteiger partial charge >= 0.3 is 0 Å². The van der Waals surface area contributed by atoms with Crippen molar-refractivity contribution >= 4 is 31.3 Å². The molecule has 0 fully saturated rings. The number of hydrogen-bond acceptors (Lipinski definition) is 0. The summed E-state index contributed by atoms with van der Waals surface area (Å²) in [4.78, 5) is 0. The molecule has 0 amide bonds. The van der Waals surface area contributed by atoms with Crippen molar-refractivity contribution in [1.82, 2.24) is 0 Å². The van der Waals surface area contributed by atoms with Gasteiger partial charge in [0.05, 0.1) is 8.07 Å². The maximum atomic E-state index is 5.68. The van der Waals surface area contributed by atoms with Crippen molar-refractivity contribution in [3.05, 3.63) is 0 Å². The second-order valence-corrected chi connectivity index (χ2v) is 9.01. The molecule has 0 aromatic rings. The number of rotatable bonds is 3. The zero-order valence-corrected chi connectivity index (χ0v) is 7.89. The summed E-state index contributed by atoms with van der Waals surface area (Å²) in [5.41, 5.74) is 0.833. The van der Waals surface area contributed by atoms with Gasteiger partial charge in [-0.2, -0.15) is 0 Å². The molecule has 0 radical (unpaired) electrons. The van der Waals surface area contributed by atoms with E-state index in [1.165, 1.54) is 0 Å². The molecule has 0 nitrogen and oxygen atoms in total. The highest BCUT2D eigenvalue weighted by molar-refractivity contribution is 6.83. The minimum Gasteiger partial charge on any atom is -0.130 e. The van der Waals surface area contributed by atoms with E-state index in [0.717, 1.165) is 17.4 Å². The van der Waals surface area contributed by atoms with Gasteiger partial charge in [-0.25, -0.2) is 0 Å². The molecule has 0 unspecified atom stereocenters. The van der Waals surface area contributed by atoms with Crippen LogP contribution in [0.1, 0.15) is 0 Å². The van der Waals surface area contributed by atoms with Crippen LogP contribution in [0.4, 0.5) is 0 Å². The highest BCUT2D eigenvalue weighted by atomic mass is 35.5. The first-order valence-corrected chi connectivity index (χ1v) is 7.22. The van der Waals surface area contributed by atoms with Crippen LogP contribution in [0.25, 0.3) is 0 Å². The molecule has 0 aliphatic rings. The van der Waals surface area contributed by atoms with Crippen LogP contribution < -0.4 is 0 Å². The SMILES string of the molecule is C[Si](C)(CCl)CCCl. The van der Waals surface area contributed by atoms with Crippen molar-refractivity contribution in [2.45, 2.75) is 19.1 Å². The smallest absolute Gasteiger partial charge is 0.0651 e. The zero-order chi connectivity index (χ0) is 6.62. The first-order valence-electron chi connectivity index (χ1n) is 2.74. The molecular weight excluding hydrogens is 159 g/mol. The maximum Gasteiger partial charge on any atom is 0.0651 e. The van der Waals surface area contributed by atoms with Gasteiger partial charge in [0.2, 0.25) is 0 Å².